The van der Waals surface area contributed by atoms with Crippen LogP contribution in [0.1, 0.15) is 59.4 Å². The van der Waals surface area contributed by atoms with Crippen LogP contribution in [0.4, 0.5) is 10.7 Å². The van der Waals surface area contributed by atoms with Gasteiger partial charge in [-0.25, -0.2) is 9.78 Å². The molecule has 2 unspecified atom stereocenters. The first-order chi connectivity index (χ1) is 15.6. The number of aromatic nitrogens is 3. The van der Waals surface area contributed by atoms with Crippen LogP contribution in [0, 0.1) is 0 Å². The summed E-state index contributed by atoms with van der Waals surface area (Å²) in [6.45, 7) is 13.2. The lowest BCUT2D eigenvalue weighted by atomic mass is 9.87. The molecule has 3 heterocycles. The molecule has 2 aliphatic rings. The molecule has 2 aromatic rings. The third kappa shape index (κ3) is 5.37. The van der Waals surface area contributed by atoms with Crippen molar-refractivity contribution < 1.29 is 9.53 Å². The highest BCUT2D eigenvalue weighted by molar-refractivity contribution is 6.66. The van der Waals surface area contributed by atoms with Crippen LogP contribution < -0.4 is 4.90 Å². The molecule has 2 bridgehead atoms. The molecule has 34 heavy (non-hydrogen) atoms. The Kier molecular flexibility index (Phi) is 6.45. The molecule has 0 N–H and O–H groups in total. The molecule has 4 rings (SSSR count). The largest absolute Gasteiger partial charge is 0.444 e. The number of ether oxygens (including phenoxy) is 1. The van der Waals surface area contributed by atoms with E-state index in [-0.39, 0.29) is 29.4 Å². The molecule has 2 fully saturated rings. The Balaban J connectivity index is 1.62. The van der Waals surface area contributed by atoms with Gasteiger partial charge in [0, 0.05) is 18.7 Å². The second-order valence-electron chi connectivity index (χ2n) is 10.9. The number of anilines is 1. The number of hydrogen-bond donors (Lipinski definition) is 0. The first-order valence-corrected chi connectivity index (χ1v) is 12.5. The van der Waals surface area contributed by atoms with E-state index in [4.69, 9.17) is 44.5 Å². The first kappa shape index (κ1) is 25.3. The molecule has 1 amide bonds. The van der Waals surface area contributed by atoms with Gasteiger partial charge in [0.15, 0.2) is 11.6 Å². The van der Waals surface area contributed by atoms with Crippen LogP contribution in [0.25, 0.3) is 11.4 Å². The third-order valence-corrected chi connectivity index (χ3v) is 6.52. The van der Waals surface area contributed by atoms with Crippen LogP contribution in [0.2, 0.25) is 0 Å². The number of amides is 1. The molecule has 184 valence electrons. The number of rotatable bonds is 2. The van der Waals surface area contributed by atoms with E-state index < -0.39 is 9.39 Å². The summed E-state index contributed by atoms with van der Waals surface area (Å²) >= 11 is 18.5. The van der Waals surface area contributed by atoms with Crippen molar-refractivity contribution in [1.29, 1.82) is 0 Å². The molecule has 1 aromatic carbocycles. The molecule has 7 nitrogen and oxygen atoms in total. The minimum absolute atomic E-state index is 0.0161. The quantitative estimate of drug-likeness (QED) is 0.456. The van der Waals surface area contributed by atoms with E-state index in [1.54, 1.807) is 4.90 Å². The van der Waals surface area contributed by atoms with Crippen molar-refractivity contribution in [2.24, 2.45) is 0 Å². The number of nitrogens with zero attached hydrogens (tertiary/aromatic N) is 5. The summed E-state index contributed by atoms with van der Waals surface area (Å²) in [6.07, 6.45) is 0.515. The molecule has 0 radical (unpaired) electrons. The molecule has 1 aromatic heterocycles. The van der Waals surface area contributed by atoms with Gasteiger partial charge in [-0.1, -0.05) is 79.8 Å². The van der Waals surface area contributed by atoms with Crippen molar-refractivity contribution in [2.75, 3.05) is 18.0 Å². The van der Waals surface area contributed by atoms with Gasteiger partial charge in [0.1, 0.15) is 5.60 Å². The summed E-state index contributed by atoms with van der Waals surface area (Å²) in [6, 6.07) is 8.14. The Morgan fingerprint density at radius 1 is 0.941 bits per heavy atom. The fraction of sp³-hybridized carbons (Fsp3) is 0.583. The van der Waals surface area contributed by atoms with Gasteiger partial charge in [0.25, 0.3) is 0 Å². The van der Waals surface area contributed by atoms with E-state index in [2.05, 4.69) is 47.8 Å². The van der Waals surface area contributed by atoms with Crippen molar-refractivity contribution >= 4 is 46.8 Å². The summed E-state index contributed by atoms with van der Waals surface area (Å²) in [4.78, 5) is 30.1. The highest BCUT2D eigenvalue weighted by Gasteiger charge is 2.48. The number of carbonyl (C=O) groups excluding carboxylic acids is 1. The summed E-state index contributed by atoms with van der Waals surface area (Å²) in [7, 11) is 0. The number of halogens is 3. The molecule has 0 spiro atoms. The van der Waals surface area contributed by atoms with E-state index >= 15 is 0 Å². The summed E-state index contributed by atoms with van der Waals surface area (Å²) in [5, 5.41) is 0. The average molecular weight is 527 g/mol. The summed E-state index contributed by atoms with van der Waals surface area (Å²) < 4.78 is 3.77. The number of benzene rings is 1. The molecule has 10 heteroatoms. The highest BCUT2D eigenvalue weighted by Crippen LogP contribution is 2.39. The first-order valence-electron chi connectivity index (χ1n) is 11.3. The lowest BCUT2D eigenvalue weighted by Crippen LogP contribution is -2.50. The normalized spacial score (nSPS) is 20.7. The van der Waals surface area contributed by atoms with E-state index in [0.29, 0.717) is 24.9 Å². The van der Waals surface area contributed by atoms with E-state index in [0.717, 1.165) is 12.0 Å². The third-order valence-electron chi connectivity index (χ3n) is 6.01. The maximum Gasteiger partial charge on any atom is 0.410 e. The van der Waals surface area contributed by atoms with Crippen molar-refractivity contribution in [2.45, 2.75) is 74.9 Å². The Morgan fingerprint density at radius 3 is 2.09 bits per heavy atom. The van der Waals surface area contributed by atoms with E-state index in [1.807, 2.05) is 32.9 Å². The standard InChI is InChI=1S/C24H30Cl3N5O2/c1-22(2,3)15-9-7-14(8-10-15)18-28-19(24(25,26)27)30-20(29-18)31-12-17-11-16(31)13-32(17)21(33)34-23(4,5)6/h7-10,16-17H,11-13H2,1-6H3. The molecule has 2 aliphatic heterocycles. The fourth-order valence-corrected chi connectivity index (χ4v) is 4.58. The molecule has 2 atom stereocenters. The van der Waals surface area contributed by atoms with Gasteiger partial charge in [-0.3, -0.25) is 0 Å². The minimum Gasteiger partial charge on any atom is -0.444 e. The van der Waals surface area contributed by atoms with E-state index in [9.17, 15) is 4.79 Å². The second-order valence-corrected chi connectivity index (χ2v) is 13.2. The van der Waals surface area contributed by atoms with Crippen LogP contribution in [-0.2, 0) is 13.9 Å². The topological polar surface area (TPSA) is 71.5 Å². The lowest BCUT2D eigenvalue weighted by Gasteiger charge is -2.35. The molecule has 2 saturated heterocycles. The van der Waals surface area contributed by atoms with Gasteiger partial charge in [-0.05, 0) is 38.2 Å². The van der Waals surface area contributed by atoms with Crippen LogP contribution >= 0.6 is 34.8 Å². The minimum atomic E-state index is -1.79. The highest BCUT2D eigenvalue weighted by atomic mass is 35.6. The van der Waals surface area contributed by atoms with Crippen molar-refractivity contribution in [1.82, 2.24) is 19.9 Å². The van der Waals surface area contributed by atoms with Gasteiger partial charge in [0.2, 0.25) is 9.74 Å². The van der Waals surface area contributed by atoms with Gasteiger partial charge >= 0.3 is 6.09 Å². The fourth-order valence-electron chi connectivity index (χ4n) is 4.32. The molecular formula is C24H30Cl3N5O2. The zero-order chi connectivity index (χ0) is 25.1. The Hall–Kier alpha value is -1.83. The van der Waals surface area contributed by atoms with Gasteiger partial charge < -0.3 is 14.5 Å². The van der Waals surface area contributed by atoms with Gasteiger partial charge in [0.05, 0.1) is 12.1 Å². The lowest BCUT2D eigenvalue weighted by molar-refractivity contribution is 0.0214. The zero-order valence-electron chi connectivity index (χ0n) is 20.3. The Morgan fingerprint density at radius 2 is 1.59 bits per heavy atom. The number of likely N-dealkylation sites (tertiary alicyclic amines) is 1. The Labute approximate surface area is 215 Å². The maximum atomic E-state index is 12.6. The smallest absolute Gasteiger partial charge is 0.410 e. The SMILES string of the molecule is CC(C)(C)OC(=O)N1CC2CC1CN2c1nc(-c2ccc(C(C)(C)C)cc2)nc(C(Cl)(Cl)Cl)n1. The second kappa shape index (κ2) is 8.68. The van der Waals surface area contributed by atoms with Crippen LogP contribution in [0.5, 0.6) is 0 Å². The summed E-state index contributed by atoms with van der Waals surface area (Å²) in [5.41, 5.74) is 1.50. The number of hydrogen-bond acceptors (Lipinski definition) is 6. The number of carbonyl (C=O) groups is 1. The number of piperazine rings is 1. The van der Waals surface area contributed by atoms with Crippen molar-refractivity contribution in [3.8, 4) is 11.4 Å². The van der Waals surface area contributed by atoms with E-state index in [1.165, 1.54) is 5.56 Å². The van der Waals surface area contributed by atoms with Crippen LogP contribution in [-0.4, -0.2) is 56.7 Å². The van der Waals surface area contributed by atoms with Crippen molar-refractivity contribution in [3.63, 3.8) is 0 Å². The predicted molar refractivity (Wildman–Crippen MR) is 136 cm³/mol. The van der Waals surface area contributed by atoms with Crippen LogP contribution in [0.15, 0.2) is 24.3 Å². The average Bonchev–Trinajstić information content (AvgIpc) is 3.32. The number of alkyl halides is 3. The summed E-state index contributed by atoms with van der Waals surface area (Å²) in [5.74, 6) is 0.963. The number of fused-ring (bicyclic) bond motifs is 2. The van der Waals surface area contributed by atoms with Crippen molar-refractivity contribution in [3.05, 3.63) is 35.7 Å². The Bertz CT molecular complexity index is 1070. The molecular weight excluding hydrogens is 497 g/mol. The van der Waals surface area contributed by atoms with Crippen LogP contribution in [0.3, 0.4) is 0 Å². The monoisotopic (exact) mass is 525 g/mol. The predicted octanol–water partition coefficient (Wildman–Crippen LogP) is 5.86. The van der Waals surface area contributed by atoms with Gasteiger partial charge in [-0.2, -0.15) is 9.97 Å². The maximum absolute atomic E-state index is 12.6. The zero-order valence-corrected chi connectivity index (χ0v) is 22.5. The molecule has 0 aliphatic carbocycles. The van der Waals surface area contributed by atoms with Gasteiger partial charge in [-0.15, -0.1) is 0 Å². The molecule has 0 saturated carbocycles.